The average molecular weight is 246 g/mol. The Morgan fingerprint density at radius 1 is 1.33 bits per heavy atom. The van der Waals surface area contributed by atoms with E-state index in [0.29, 0.717) is 6.54 Å². The molecule has 0 unspecified atom stereocenters. The second-order valence-corrected chi connectivity index (χ2v) is 4.22. The van der Waals surface area contributed by atoms with Crippen molar-refractivity contribution >= 4 is 11.6 Å². The van der Waals surface area contributed by atoms with E-state index in [1.807, 2.05) is 31.3 Å². The summed E-state index contributed by atoms with van der Waals surface area (Å²) in [6, 6.07) is 7.87. The zero-order valence-corrected chi connectivity index (χ0v) is 10.7. The molecule has 0 amide bonds. The SMILES string of the molecule is CCCN(Cc1ccccc1N)c1nnnn1C. The van der Waals surface area contributed by atoms with Crippen molar-refractivity contribution in [1.82, 2.24) is 20.2 Å². The Hall–Kier alpha value is -2.11. The van der Waals surface area contributed by atoms with Gasteiger partial charge in [0.15, 0.2) is 0 Å². The van der Waals surface area contributed by atoms with Crippen molar-refractivity contribution < 1.29 is 0 Å². The van der Waals surface area contributed by atoms with Crippen molar-refractivity contribution in [2.75, 3.05) is 17.2 Å². The van der Waals surface area contributed by atoms with Crippen LogP contribution in [0.1, 0.15) is 18.9 Å². The van der Waals surface area contributed by atoms with Crippen LogP contribution in [-0.4, -0.2) is 26.8 Å². The van der Waals surface area contributed by atoms with Crippen LogP contribution in [0.3, 0.4) is 0 Å². The van der Waals surface area contributed by atoms with Crippen molar-refractivity contribution in [2.45, 2.75) is 19.9 Å². The maximum absolute atomic E-state index is 5.97. The smallest absolute Gasteiger partial charge is 0.245 e. The second kappa shape index (κ2) is 5.48. The monoisotopic (exact) mass is 246 g/mol. The van der Waals surface area contributed by atoms with Gasteiger partial charge in [0.1, 0.15) is 0 Å². The van der Waals surface area contributed by atoms with Crippen LogP contribution in [0.25, 0.3) is 0 Å². The summed E-state index contributed by atoms with van der Waals surface area (Å²) in [6.45, 7) is 3.74. The third-order valence-corrected chi connectivity index (χ3v) is 2.79. The van der Waals surface area contributed by atoms with Gasteiger partial charge in [0, 0.05) is 25.8 Å². The van der Waals surface area contributed by atoms with E-state index in [4.69, 9.17) is 5.73 Å². The third-order valence-electron chi connectivity index (χ3n) is 2.79. The van der Waals surface area contributed by atoms with Crippen LogP contribution in [0.5, 0.6) is 0 Å². The summed E-state index contributed by atoms with van der Waals surface area (Å²) < 4.78 is 1.68. The normalized spacial score (nSPS) is 10.6. The Labute approximate surface area is 106 Å². The zero-order valence-electron chi connectivity index (χ0n) is 10.7. The van der Waals surface area contributed by atoms with Crippen molar-refractivity contribution in [3.05, 3.63) is 29.8 Å². The summed E-state index contributed by atoms with van der Waals surface area (Å²) >= 11 is 0. The van der Waals surface area contributed by atoms with Crippen LogP contribution in [0.2, 0.25) is 0 Å². The summed E-state index contributed by atoms with van der Waals surface area (Å²) in [6.07, 6.45) is 1.03. The standard InChI is InChI=1S/C12H18N6/c1-3-8-18(12-14-15-16-17(12)2)9-10-6-4-5-7-11(10)13/h4-7H,3,8-9,13H2,1-2H3. The minimum atomic E-state index is 0.717. The minimum Gasteiger partial charge on any atom is -0.398 e. The van der Waals surface area contributed by atoms with E-state index in [9.17, 15) is 0 Å². The van der Waals surface area contributed by atoms with Crippen molar-refractivity contribution in [2.24, 2.45) is 7.05 Å². The molecule has 2 rings (SSSR count). The number of aromatic nitrogens is 4. The van der Waals surface area contributed by atoms with E-state index in [1.54, 1.807) is 4.68 Å². The highest BCUT2D eigenvalue weighted by Gasteiger charge is 2.13. The molecule has 1 heterocycles. The van der Waals surface area contributed by atoms with Crippen LogP contribution in [-0.2, 0) is 13.6 Å². The largest absolute Gasteiger partial charge is 0.398 e. The maximum atomic E-state index is 5.97. The number of tetrazole rings is 1. The lowest BCUT2D eigenvalue weighted by Gasteiger charge is -2.22. The average Bonchev–Trinajstić information content (AvgIpc) is 2.78. The van der Waals surface area contributed by atoms with E-state index < -0.39 is 0 Å². The predicted octanol–water partition coefficient (Wildman–Crippen LogP) is 1.21. The van der Waals surface area contributed by atoms with Crippen molar-refractivity contribution in [3.63, 3.8) is 0 Å². The molecule has 6 heteroatoms. The number of nitrogens with two attached hydrogens (primary N) is 1. The molecule has 0 radical (unpaired) electrons. The number of aryl methyl sites for hydroxylation is 1. The van der Waals surface area contributed by atoms with Gasteiger partial charge in [-0.1, -0.05) is 30.2 Å². The van der Waals surface area contributed by atoms with Gasteiger partial charge in [-0.05, 0) is 28.5 Å². The first-order valence-corrected chi connectivity index (χ1v) is 6.03. The maximum Gasteiger partial charge on any atom is 0.245 e. The molecule has 96 valence electrons. The molecule has 0 saturated carbocycles. The fraction of sp³-hybridized carbons (Fsp3) is 0.417. The van der Waals surface area contributed by atoms with Crippen LogP contribution >= 0.6 is 0 Å². The number of nitrogens with zero attached hydrogens (tertiary/aromatic N) is 5. The highest BCUT2D eigenvalue weighted by molar-refractivity contribution is 5.48. The summed E-state index contributed by atoms with van der Waals surface area (Å²) in [7, 11) is 1.84. The fourth-order valence-corrected chi connectivity index (χ4v) is 1.90. The quantitative estimate of drug-likeness (QED) is 0.803. The molecule has 0 aliphatic rings. The molecule has 0 atom stereocenters. The zero-order chi connectivity index (χ0) is 13.0. The van der Waals surface area contributed by atoms with Crippen molar-refractivity contribution in [3.8, 4) is 0 Å². The lowest BCUT2D eigenvalue weighted by Crippen LogP contribution is -2.27. The fourth-order valence-electron chi connectivity index (χ4n) is 1.90. The van der Waals surface area contributed by atoms with Crippen LogP contribution in [0.15, 0.2) is 24.3 Å². The first kappa shape index (κ1) is 12.3. The highest BCUT2D eigenvalue weighted by atomic mass is 15.6. The molecule has 0 spiro atoms. The van der Waals surface area contributed by atoms with E-state index in [2.05, 4.69) is 27.3 Å². The topological polar surface area (TPSA) is 72.9 Å². The molecule has 1 aromatic carbocycles. The molecule has 2 aromatic rings. The molecular formula is C12H18N6. The Morgan fingerprint density at radius 2 is 2.11 bits per heavy atom. The number of hydrogen-bond acceptors (Lipinski definition) is 5. The lowest BCUT2D eigenvalue weighted by molar-refractivity contribution is 0.670. The predicted molar refractivity (Wildman–Crippen MR) is 71.0 cm³/mol. The summed E-state index contributed by atoms with van der Waals surface area (Å²) in [5.41, 5.74) is 7.86. The van der Waals surface area contributed by atoms with Gasteiger partial charge in [0.2, 0.25) is 5.95 Å². The summed E-state index contributed by atoms with van der Waals surface area (Å²) in [4.78, 5) is 2.13. The van der Waals surface area contributed by atoms with E-state index >= 15 is 0 Å². The van der Waals surface area contributed by atoms with Crippen LogP contribution in [0.4, 0.5) is 11.6 Å². The lowest BCUT2D eigenvalue weighted by atomic mass is 10.1. The molecule has 6 nitrogen and oxygen atoms in total. The first-order valence-electron chi connectivity index (χ1n) is 6.03. The van der Waals surface area contributed by atoms with Gasteiger partial charge >= 0.3 is 0 Å². The van der Waals surface area contributed by atoms with E-state index in [-0.39, 0.29) is 0 Å². The van der Waals surface area contributed by atoms with Crippen LogP contribution in [0, 0.1) is 0 Å². The first-order chi connectivity index (χ1) is 8.72. The summed E-state index contributed by atoms with van der Waals surface area (Å²) in [5, 5.41) is 11.6. The Balaban J connectivity index is 2.22. The minimum absolute atomic E-state index is 0.717. The molecule has 0 bridgehead atoms. The van der Waals surface area contributed by atoms with Crippen LogP contribution < -0.4 is 10.6 Å². The molecule has 1 aromatic heterocycles. The Kier molecular flexibility index (Phi) is 3.76. The molecule has 18 heavy (non-hydrogen) atoms. The van der Waals surface area contributed by atoms with Gasteiger partial charge in [-0.25, -0.2) is 4.68 Å². The van der Waals surface area contributed by atoms with E-state index in [1.165, 1.54) is 0 Å². The highest BCUT2D eigenvalue weighted by Crippen LogP contribution is 2.17. The summed E-state index contributed by atoms with van der Waals surface area (Å²) in [5.74, 6) is 0.764. The molecule has 0 aliphatic heterocycles. The Morgan fingerprint density at radius 3 is 2.72 bits per heavy atom. The number of benzene rings is 1. The second-order valence-electron chi connectivity index (χ2n) is 4.22. The third kappa shape index (κ3) is 2.58. The number of rotatable bonds is 5. The number of hydrogen-bond donors (Lipinski definition) is 1. The van der Waals surface area contributed by atoms with Gasteiger partial charge in [0.25, 0.3) is 0 Å². The molecule has 0 fully saturated rings. The number of nitrogen functional groups attached to an aromatic ring is 1. The molecule has 0 saturated heterocycles. The van der Waals surface area contributed by atoms with Gasteiger partial charge in [-0.3, -0.25) is 0 Å². The molecular weight excluding hydrogens is 228 g/mol. The molecule has 0 aliphatic carbocycles. The van der Waals surface area contributed by atoms with Gasteiger partial charge in [-0.15, -0.1) is 0 Å². The molecule has 2 N–H and O–H groups in total. The van der Waals surface area contributed by atoms with Crippen molar-refractivity contribution in [1.29, 1.82) is 0 Å². The number of anilines is 2. The number of para-hydroxylation sites is 1. The van der Waals surface area contributed by atoms with E-state index in [0.717, 1.165) is 30.2 Å². The van der Waals surface area contributed by atoms with Gasteiger partial charge in [-0.2, -0.15) is 0 Å². The van der Waals surface area contributed by atoms with Gasteiger partial charge < -0.3 is 10.6 Å². The van der Waals surface area contributed by atoms with Gasteiger partial charge in [0.05, 0.1) is 0 Å². The Bertz CT molecular complexity index is 507.